The molecule has 8 heteroatoms. The van der Waals surface area contributed by atoms with Gasteiger partial charge in [0.1, 0.15) is 6.04 Å². The summed E-state index contributed by atoms with van der Waals surface area (Å²) in [5.74, 6) is -2.49. The molecule has 4 N–H and O–H groups in total. The summed E-state index contributed by atoms with van der Waals surface area (Å²) in [6.07, 6.45) is 6.32. The number of imidazole rings is 1. The zero-order chi connectivity index (χ0) is 15.8. The molecule has 21 heavy (non-hydrogen) atoms. The van der Waals surface area contributed by atoms with Gasteiger partial charge in [-0.1, -0.05) is 13.3 Å². The summed E-state index contributed by atoms with van der Waals surface area (Å²) in [4.78, 5) is 37.7. The van der Waals surface area contributed by atoms with E-state index in [1.807, 2.05) is 11.5 Å². The van der Waals surface area contributed by atoms with Gasteiger partial charge in [0.2, 0.25) is 11.8 Å². The standard InChI is InChI=1S/C13H20N4O4/c1-2-3-9(17-5-4-15-8-17)6-12(19)16-10(13(20)21)7-11(14)18/h4-5,8-10H,2-3,6-7H2,1H3,(H2,14,18)(H,16,19)(H,20,21). The number of aromatic nitrogens is 2. The SMILES string of the molecule is CCCC(CC(=O)NC(CC(N)=O)C(=O)O)n1ccnc1. The van der Waals surface area contributed by atoms with Crippen LogP contribution in [0.25, 0.3) is 0 Å². The third kappa shape index (κ3) is 5.64. The molecule has 0 aromatic carbocycles. The van der Waals surface area contributed by atoms with Gasteiger partial charge >= 0.3 is 5.97 Å². The average molecular weight is 296 g/mol. The molecule has 2 unspecified atom stereocenters. The number of carboxylic acids is 1. The monoisotopic (exact) mass is 296 g/mol. The molecule has 1 aromatic rings. The molecular weight excluding hydrogens is 276 g/mol. The van der Waals surface area contributed by atoms with Crippen LogP contribution in [0.2, 0.25) is 0 Å². The fourth-order valence-corrected chi connectivity index (χ4v) is 2.04. The Labute approximate surface area is 122 Å². The lowest BCUT2D eigenvalue weighted by Gasteiger charge is -2.19. The maximum Gasteiger partial charge on any atom is 0.326 e. The Morgan fingerprint density at radius 3 is 2.57 bits per heavy atom. The first-order valence-corrected chi connectivity index (χ1v) is 6.72. The molecular formula is C13H20N4O4. The number of amides is 2. The van der Waals surface area contributed by atoms with E-state index in [0.29, 0.717) is 0 Å². The molecule has 116 valence electrons. The molecule has 0 saturated carbocycles. The fourth-order valence-electron chi connectivity index (χ4n) is 2.04. The van der Waals surface area contributed by atoms with Gasteiger partial charge < -0.3 is 20.7 Å². The van der Waals surface area contributed by atoms with Crippen molar-refractivity contribution in [3.8, 4) is 0 Å². The van der Waals surface area contributed by atoms with E-state index in [1.54, 1.807) is 18.7 Å². The predicted octanol–water partition coefficient (Wildman–Crippen LogP) is 0.0592. The van der Waals surface area contributed by atoms with E-state index in [4.69, 9.17) is 10.8 Å². The van der Waals surface area contributed by atoms with Crippen molar-refractivity contribution < 1.29 is 19.5 Å². The number of rotatable bonds is 9. The first-order chi connectivity index (χ1) is 9.93. The third-order valence-corrected chi connectivity index (χ3v) is 3.03. The number of aliphatic carboxylic acids is 1. The third-order valence-electron chi connectivity index (χ3n) is 3.03. The second-order valence-corrected chi connectivity index (χ2v) is 4.79. The highest BCUT2D eigenvalue weighted by atomic mass is 16.4. The number of hydrogen-bond acceptors (Lipinski definition) is 4. The van der Waals surface area contributed by atoms with Crippen LogP contribution in [0.5, 0.6) is 0 Å². The van der Waals surface area contributed by atoms with Crippen molar-refractivity contribution in [1.29, 1.82) is 0 Å². The Bertz CT molecular complexity index is 486. The van der Waals surface area contributed by atoms with Gasteiger partial charge in [-0.05, 0) is 6.42 Å². The lowest BCUT2D eigenvalue weighted by Crippen LogP contribution is -2.43. The molecule has 0 aliphatic rings. The van der Waals surface area contributed by atoms with Crippen LogP contribution < -0.4 is 11.1 Å². The normalized spacial score (nSPS) is 13.4. The minimum Gasteiger partial charge on any atom is -0.480 e. The number of nitrogens with zero attached hydrogens (tertiary/aromatic N) is 2. The quantitative estimate of drug-likeness (QED) is 0.593. The van der Waals surface area contributed by atoms with Gasteiger partial charge in [-0.25, -0.2) is 9.78 Å². The summed E-state index contributed by atoms with van der Waals surface area (Å²) in [5.41, 5.74) is 4.97. The molecule has 1 aromatic heterocycles. The van der Waals surface area contributed by atoms with Crippen LogP contribution in [0.1, 0.15) is 38.6 Å². The zero-order valence-corrected chi connectivity index (χ0v) is 11.9. The highest BCUT2D eigenvalue weighted by Crippen LogP contribution is 2.17. The summed E-state index contributed by atoms with van der Waals surface area (Å²) in [7, 11) is 0. The van der Waals surface area contributed by atoms with Crippen molar-refractivity contribution in [1.82, 2.24) is 14.9 Å². The number of carbonyl (C=O) groups excluding carboxylic acids is 2. The van der Waals surface area contributed by atoms with E-state index in [-0.39, 0.29) is 12.5 Å². The molecule has 8 nitrogen and oxygen atoms in total. The number of nitrogens with one attached hydrogen (secondary N) is 1. The van der Waals surface area contributed by atoms with Gasteiger partial charge in [-0.3, -0.25) is 9.59 Å². The molecule has 0 aliphatic carbocycles. The Morgan fingerprint density at radius 1 is 1.38 bits per heavy atom. The van der Waals surface area contributed by atoms with Crippen LogP contribution in [-0.2, 0) is 14.4 Å². The van der Waals surface area contributed by atoms with Crippen LogP contribution in [0.15, 0.2) is 18.7 Å². The summed E-state index contributed by atoms with van der Waals surface area (Å²) < 4.78 is 1.81. The Kier molecular flexibility index (Phi) is 6.38. The van der Waals surface area contributed by atoms with Crippen LogP contribution in [0.3, 0.4) is 0 Å². The number of nitrogens with two attached hydrogens (primary N) is 1. The van der Waals surface area contributed by atoms with Crippen LogP contribution in [-0.4, -0.2) is 38.5 Å². The fraction of sp³-hybridized carbons (Fsp3) is 0.538. The lowest BCUT2D eigenvalue weighted by molar-refractivity contribution is -0.143. The van der Waals surface area contributed by atoms with Crippen molar-refractivity contribution in [2.24, 2.45) is 5.73 Å². The Morgan fingerprint density at radius 2 is 2.10 bits per heavy atom. The first kappa shape index (κ1) is 16.7. The molecule has 0 saturated heterocycles. The average Bonchev–Trinajstić information content (AvgIpc) is 2.90. The summed E-state index contributed by atoms with van der Waals surface area (Å²) in [5, 5.41) is 11.3. The molecule has 1 heterocycles. The lowest BCUT2D eigenvalue weighted by atomic mass is 10.1. The van der Waals surface area contributed by atoms with E-state index in [1.165, 1.54) is 0 Å². The van der Waals surface area contributed by atoms with Gasteiger partial charge in [-0.2, -0.15) is 0 Å². The van der Waals surface area contributed by atoms with Crippen molar-refractivity contribution in [2.75, 3.05) is 0 Å². The minimum absolute atomic E-state index is 0.0967. The molecule has 1 rings (SSSR count). The highest BCUT2D eigenvalue weighted by Gasteiger charge is 2.23. The van der Waals surface area contributed by atoms with Crippen LogP contribution >= 0.6 is 0 Å². The number of hydrogen-bond donors (Lipinski definition) is 3. The largest absolute Gasteiger partial charge is 0.480 e. The molecule has 0 aliphatic heterocycles. The maximum atomic E-state index is 12.0. The van der Waals surface area contributed by atoms with Crippen LogP contribution in [0, 0.1) is 0 Å². The van der Waals surface area contributed by atoms with Gasteiger partial charge in [0.05, 0.1) is 12.7 Å². The second-order valence-electron chi connectivity index (χ2n) is 4.79. The molecule has 2 atom stereocenters. The van der Waals surface area contributed by atoms with E-state index < -0.39 is 30.2 Å². The summed E-state index contributed by atoms with van der Waals surface area (Å²) in [6, 6.07) is -1.39. The van der Waals surface area contributed by atoms with E-state index >= 15 is 0 Å². The van der Waals surface area contributed by atoms with Crippen molar-refractivity contribution in [2.45, 2.75) is 44.7 Å². The van der Waals surface area contributed by atoms with Gasteiger partial charge in [0.25, 0.3) is 0 Å². The maximum absolute atomic E-state index is 12.0. The minimum atomic E-state index is -1.29. The Balaban J connectivity index is 2.64. The second kappa shape index (κ2) is 8.03. The number of primary amides is 1. The van der Waals surface area contributed by atoms with Crippen molar-refractivity contribution in [3.63, 3.8) is 0 Å². The summed E-state index contributed by atoms with van der Waals surface area (Å²) >= 11 is 0. The molecule has 0 spiro atoms. The zero-order valence-electron chi connectivity index (χ0n) is 11.9. The predicted molar refractivity (Wildman–Crippen MR) is 74.2 cm³/mol. The van der Waals surface area contributed by atoms with Gasteiger partial charge in [0, 0.05) is 24.9 Å². The van der Waals surface area contributed by atoms with Crippen LogP contribution in [0.4, 0.5) is 0 Å². The van der Waals surface area contributed by atoms with E-state index in [9.17, 15) is 14.4 Å². The molecule has 0 fully saturated rings. The van der Waals surface area contributed by atoms with Gasteiger partial charge in [-0.15, -0.1) is 0 Å². The van der Waals surface area contributed by atoms with Crippen molar-refractivity contribution in [3.05, 3.63) is 18.7 Å². The van der Waals surface area contributed by atoms with Gasteiger partial charge in [0.15, 0.2) is 0 Å². The Hall–Kier alpha value is -2.38. The molecule has 0 radical (unpaired) electrons. The highest BCUT2D eigenvalue weighted by molar-refractivity contribution is 5.88. The molecule has 0 bridgehead atoms. The van der Waals surface area contributed by atoms with Crippen molar-refractivity contribution >= 4 is 17.8 Å². The topological polar surface area (TPSA) is 127 Å². The number of carboxylic acid groups (broad SMARTS) is 1. The number of carbonyl (C=O) groups is 3. The molecule has 2 amide bonds. The van der Waals surface area contributed by atoms with E-state index in [2.05, 4.69) is 10.3 Å². The smallest absolute Gasteiger partial charge is 0.326 e. The summed E-state index contributed by atoms with van der Waals surface area (Å²) in [6.45, 7) is 2.00. The van der Waals surface area contributed by atoms with E-state index in [0.717, 1.165) is 12.8 Å². The first-order valence-electron chi connectivity index (χ1n) is 6.72.